The first-order valence-electron chi connectivity index (χ1n) is 8.71. The molecule has 6 heteroatoms. The zero-order chi connectivity index (χ0) is 19.2. The molecule has 1 atom stereocenters. The molecule has 2 aromatic rings. The van der Waals surface area contributed by atoms with Crippen LogP contribution in [0.3, 0.4) is 0 Å². The summed E-state index contributed by atoms with van der Waals surface area (Å²) in [6.07, 6.45) is 0. The summed E-state index contributed by atoms with van der Waals surface area (Å²) in [4.78, 5) is 0.246. The van der Waals surface area contributed by atoms with Crippen LogP contribution in [0.5, 0.6) is 5.75 Å². The second kappa shape index (κ2) is 9.16. The second-order valence-electron chi connectivity index (χ2n) is 6.12. The Morgan fingerprint density at radius 1 is 1.00 bits per heavy atom. The van der Waals surface area contributed by atoms with Crippen molar-refractivity contribution in [2.24, 2.45) is 0 Å². The van der Waals surface area contributed by atoms with Gasteiger partial charge >= 0.3 is 0 Å². The quantitative estimate of drug-likeness (QED) is 0.624. The van der Waals surface area contributed by atoms with Crippen molar-refractivity contribution in [3.8, 4) is 5.75 Å². The van der Waals surface area contributed by atoms with E-state index >= 15 is 0 Å². The molecule has 0 saturated heterocycles. The van der Waals surface area contributed by atoms with Gasteiger partial charge in [0.1, 0.15) is 12.4 Å². The first kappa shape index (κ1) is 20.4. The molecule has 0 saturated carbocycles. The molecule has 0 aliphatic heterocycles. The van der Waals surface area contributed by atoms with Crippen LogP contribution in [0.25, 0.3) is 0 Å². The summed E-state index contributed by atoms with van der Waals surface area (Å²) < 4.78 is 37.9. The summed E-state index contributed by atoms with van der Waals surface area (Å²) in [5.41, 5.74) is 2.10. The van der Waals surface area contributed by atoms with Crippen molar-refractivity contribution in [2.45, 2.75) is 31.7 Å². The molecule has 0 radical (unpaired) electrons. The molecule has 0 N–H and O–H groups in total. The van der Waals surface area contributed by atoms with Crippen LogP contribution >= 0.6 is 0 Å². The van der Waals surface area contributed by atoms with Gasteiger partial charge in [-0.2, -0.15) is 4.31 Å². The molecular weight excluding hydrogens is 350 g/mol. The summed E-state index contributed by atoms with van der Waals surface area (Å²) in [5, 5.41) is 0. The monoisotopic (exact) mass is 377 g/mol. The maximum Gasteiger partial charge on any atom is 0.243 e. The van der Waals surface area contributed by atoms with Crippen molar-refractivity contribution >= 4 is 10.0 Å². The van der Waals surface area contributed by atoms with Gasteiger partial charge in [-0.1, -0.05) is 29.8 Å². The Labute approximate surface area is 156 Å². The predicted molar refractivity (Wildman–Crippen MR) is 103 cm³/mol. The molecule has 0 heterocycles. The molecule has 5 nitrogen and oxygen atoms in total. The van der Waals surface area contributed by atoms with Crippen LogP contribution in [0, 0.1) is 6.92 Å². The van der Waals surface area contributed by atoms with Gasteiger partial charge in [-0.15, -0.1) is 0 Å². The zero-order valence-corrected chi connectivity index (χ0v) is 16.6. The van der Waals surface area contributed by atoms with Crippen LogP contribution in [0.4, 0.5) is 0 Å². The number of nitrogens with zero attached hydrogens (tertiary/aromatic N) is 1. The molecule has 0 aromatic heterocycles. The summed E-state index contributed by atoms with van der Waals surface area (Å²) in [6, 6.07) is 14.1. The second-order valence-corrected chi connectivity index (χ2v) is 8.12. The molecule has 0 spiro atoms. The summed E-state index contributed by atoms with van der Waals surface area (Å²) >= 11 is 0. The van der Waals surface area contributed by atoms with Gasteiger partial charge in [0.05, 0.1) is 11.5 Å². The third-order valence-corrected chi connectivity index (χ3v) is 6.25. The smallest absolute Gasteiger partial charge is 0.243 e. The Hall–Kier alpha value is -1.89. The molecule has 2 rings (SSSR count). The molecular formula is C20H27NO4S. The van der Waals surface area contributed by atoms with Crippen LogP contribution in [-0.2, 0) is 14.8 Å². The summed E-state index contributed by atoms with van der Waals surface area (Å²) in [5.74, 6) is 0.623. The van der Waals surface area contributed by atoms with E-state index in [9.17, 15) is 8.42 Å². The van der Waals surface area contributed by atoms with Gasteiger partial charge in [0.15, 0.2) is 0 Å². The third-order valence-electron chi connectivity index (χ3n) is 4.31. The Morgan fingerprint density at radius 3 is 2.19 bits per heavy atom. The average Bonchev–Trinajstić information content (AvgIpc) is 2.65. The number of sulfonamides is 1. The summed E-state index contributed by atoms with van der Waals surface area (Å²) in [6.45, 7) is 7.40. The lowest BCUT2D eigenvalue weighted by Gasteiger charge is -2.25. The van der Waals surface area contributed by atoms with Crippen molar-refractivity contribution in [3.05, 3.63) is 59.7 Å². The standard InChI is InChI=1S/C20H27NO4S/c1-5-24-14-15-25-19-10-12-20(13-11-19)26(22,23)21(4)17(3)18-8-6-16(2)7-9-18/h6-13,17H,5,14-15H2,1-4H3. The lowest BCUT2D eigenvalue weighted by Crippen LogP contribution is -2.29. The van der Waals surface area contributed by atoms with Gasteiger partial charge < -0.3 is 9.47 Å². The van der Waals surface area contributed by atoms with E-state index in [1.54, 1.807) is 31.3 Å². The van der Waals surface area contributed by atoms with E-state index in [0.29, 0.717) is 25.6 Å². The largest absolute Gasteiger partial charge is 0.491 e. The number of ether oxygens (including phenoxy) is 2. The van der Waals surface area contributed by atoms with Crippen molar-refractivity contribution in [2.75, 3.05) is 26.9 Å². The Balaban J connectivity index is 2.09. The fourth-order valence-electron chi connectivity index (χ4n) is 2.50. The number of hydrogen-bond donors (Lipinski definition) is 0. The van der Waals surface area contributed by atoms with E-state index in [1.807, 2.05) is 45.0 Å². The van der Waals surface area contributed by atoms with Gasteiger partial charge in [-0.25, -0.2) is 8.42 Å². The Kier molecular flexibility index (Phi) is 7.20. The normalized spacial score (nSPS) is 13.0. The fourth-order valence-corrected chi connectivity index (χ4v) is 3.85. The van der Waals surface area contributed by atoms with Crippen LogP contribution in [0.1, 0.15) is 31.0 Å². The van der Waals surface area contributed by atoms with E-state index in [2.05, 4.69) is 0 Å². The zero-order valence-electron chi connectivity index (χ0n) is 15.8. The topological polar surface area (TPSA) is 55.8 Å². The molecule has 26 heavy (non-hydrogen) atoms. The number of aryl methyl sites for hydroxylation is 1. The van der Waals surface area contributed by atoms with E-state index < -0.39 is 10.0 Å². The molecule has 0 fully saturated rings. The number of hydrogen-bond acceptors (Lipinski definition) is 4. The van der Waals surface area contributed by atoms with Crippen molar-refractivity contribution in [1.29, 1.82) is 0 Å². The lowest BCUT2D eigenvalue weighted by atomic mass is 10.1. The highest BCUT2D eigenvalue weighted by Crippen LogP contribution is 2.27. The minimum Gasteiger partial charge on any atom is -0.491 e. The maximum absolute atomic E-state index is 12.9. The predicted octanol–water partition coefficient (Wildman–Crippen LogP) is 3.79. The molecule has 0 bridgehead atoms. The highest BCUT2D eigenvalue weighted by molar-refractivity contribution is 7.89. The van der Waals surface area contributed by atoms with Gasteiger partial charge in [0.2, 0.25) is 10.0 Å². The van der Waals surface area contributed by atoms with Crippen molar-refractivity contribution in [1.82, 2.24) is 4.31 Å². The Bertz CT molecular complexity index is 786. The maximum atomic E-state index is 12.9. The average molecular weight is 378 g/mol. The minimum atomic E-state index is -3.59. The summed E-state index contributed by atoms with van der Waals surface area (Å²) in [7, 11) is -1.99. The number of rotatable bonds is 9. The number of benzene rings is 2. The fraction of sp³-hybridized carbons (Fsp3) is 0.400. The minimum absolute atomic E-state index is 0.246. The molecule has 0 aliphatic rings. The van der Waals surface area contributed by atoms with Crippen molar-refractivity contribution < 1.29 is 17.9 Å². The van der Waals surface area contributed by atoms with E-state index in [-0.39, 0.29) is 10.9 Å². The molecule has 1 unspecified atom stereocenters. The van der Waals surface area contributed by atoms with E-state index in [4.69, 9.17) is 9.47 Å². The van der Waals surface area contributed by atoms with Gasteiger partial charge in [0, 0.05) is 19.7 Å². The van der Waals surface area contributed by atoms with E-state index in [1.165, 1.54) is 4.31 Å². The van der Waals surface area contributed by atoms with Crippen LogP contribution in [-0.4, -0.2) is 39.6 Å². The Morgan fingerprint density at radius 2 is 1.62 bits per heavy atom. The van der Waals surface area contributed by atoms with E-state index in [0.717, 1.165) is 11.1 Å². The van der Waals surface area contributed by atoms with Crippen LogP contribution in [0.15, 0.2) is 53.4 Å². The third kappa shape index (κ3) is 5.06. The van der Waals surface area contributed by atoms with Gasteiger partial charge in [-0.05, 0) is 50.6 Å². The van der Waals surface area contributed by atoms with Crippen molar-refractivity contribution in [3.63, 3.8) is 0 Å². The highest BCUT2D eigenvalue weighted by atomic mass is 32.2. The first-order chi connectivity index (χ1) is 12.4. The highest BCUT2D eigenvalue weighted by Gasteiger charge is 2.26. The van der Waals surface area contributed by atoms with Gasteiger partial charge in [-0.3, -0.25) is 0 Å². The first-order valence-corrected chi connectivity index (χ1v) is 10.2. The molecule has 0 amide bonds. The van der Waals surface area contributed by atoms with Crippen LogP contribution in [0.2, 0.25) is 0 Å². The molecule has 142 valence electrons. The lowest BCUT2D eigenvalue weighted by molar-refractivity contribution is 0.110. The SMILES string of the molecule is CCOCCOc1ccc(S(=O)(=O)N(C)C(C)c2ccc(C)cc2)cc1. The molecule has 2 aromatic carbocycles. The van der Waals surface area contributed by atoms with Crippen LogP contribution < -0.4 is 4.74 Å². The van der Waals surface area contributed by atoms with Gasteiger partial charge in [0.25, 0.3) is 0 Å². The molecule has 0 aliphatic carbocycles.